The van der Waals surface area contributed by atoms with E-state index in [4.69, 9.17) is 16.9 Å². The van der Waals surface area contributed by atoms with Gasteiger partial charge in [0.2, 0.25) is 0 Å². The van der Waals surface area contributed by atoms with Gasteiger partial charge in [-0.2, -0.15) is 5.26 Å². The highest BCUT2D eigenvalue weighted by atomic mass is 35.5. The number of carbonyl (C=O) groups excluding carboxylic acids is 2. The van der Waals surface area contributed by atoms with Gasteiger partial charge in [-0.15, -0.1) is 0 Å². The van der Waals surface area contributed by atoms with Crippen LogP contribution in [0.25, 0.3) is 0 Å². The van der Waals surface area contributed by atoms with Gasteiger partial charge in [-0.1, -0.05) is 29.8 Å². The molecule has 1 heterocycles. The summed E-state index contributed by atoms with van der Waals surface area (Å²) in [6, 6.07) is 12.1. The number of imide groups is 1. The molecule has 23 heavy (non-hydrogen) atoms. The van der Waals surface area contributed by atoms with Gasteiger partial charge in [-0.25, -0.2) is 0 Å². The normalized spacial score (nSPS) is 18.8. The lowest BCUT2D eigenvalue weighted by Crippen LogP contribution is -2.33. The summed E-state index contributed by atoms with van der Waals surface area (Å²) in [6.07, 6.45) is 1.29. The van der Waals surface area contributed by atoms with Gasteiger partial charge in [0.1, 0.15) is 6.07 Å². The summed E-state index contributed by atoms with van der Waals surface area (Å²) in [6.45, 7) is 0. The topological polar surface area (TPSA) is 61.2 Å². The number of carbonyl (C=O) groups is 2. The first-order valence-electron chi connectivity index (χ1n) is 7.31. The molecule has 0 saturated heterocycles. The van der Waals surface area contributed by atoms with Gasteiger partial charge in [0.15, 0.2) is 0 Å². The van der Waals surface area contributed by atoms with Crippen LogP contribution >= 0.6 is 11.6 Å². The Morgan fingerprint density at radius 2 is 1.74 bits per heavy atom. The number of hydrogen-bond acceptors (Lipinski definition) is 3. The van der Waals surface area contributed by atoms with Gasteiger partial charge in [-0.3, -0.25) is 14.5 Å². The lowest BCUT2D eigenvalue weighted by Gasteiger charge is -2.23. The Bertz CT molecular complexity index is 879. The first kappa shape index (κ1) is 14.0. The molecule has 0 aromatic heterocycles. The van der Waals surface area contributed by atoms with Crippen LogP contribution in [0.1, 0.15) is 49.9 Å². The number of halogens is 1. The van der Waals surface area contributed by atoms with E-state index >= 15 is 0 Å². The van der Waals surface area contributed by atoms with E-state index < -0.39 is 0 Å². The van der Waals surface area contributed by atoms with Gasteiger partial charge < -0.3 is 0 Å². The van der Waals surface area contributed by atoms with Crippen LogP contribution in [-0.2, 0) is 6.42 Å². The van der Waals surface area contributed by atoms with Crippen molar-refractivity contribution < 1.29 is 9.59 Å². The predicted molar refractivity (Wildman–Crippen MR) is 84.2 cm³/mol. The van der Waals surface area contributed by atoms with Crippen molar-refractivity contribution in [3.8, 4) is 6.07 Å². The number of fused-ring (bicyclic) bond motifs is 2. The van der Waals surface area contributed by atoms with E-state index in [9.17, 15) is 9.59 Å². The van der Waals surface area contributed by atoms with Gasteiger partial charge in [0, 0.05) is 0 Å². The largest absolute Gasteiger partial charge is 0.269 e. The van der Waals surface area contributed by atoms with Crippen molar-refractivity contribution >= 4 is 23.4 Å². The van der Waals surface area contributed by atoms with Crippen molar-refractivity contribution in [2.45, 2.75) is 18.9 Å². The van der Waals surface area contributed by atoms with E-state index in [0.29, 0.717) is 34.6 Å². The predicted octanol–water partition coefficient (Wildman–Crippen LogP) is 3.50. The Morgan fingerprint density at radius 1 is 1.09 bits per heavy atom. The van der Waals surface area contributed by atoms with E-state index in [1.54, 1.807) is 36.4 Å². The fraction of sp³-hybridized carbons (Fsp3) is 0.167. The van der Waals surface area contributed by atoms with Crippen LogP contribution in [0.3, 0.4) is 0 Å². The van der Waals surface area contributed by atoms with Crippen LogP contribution in [0.15, 0.2) is 36.4 Å². The van der Waals surface area contributed by atoms with Crippen LogP contribution < -0.4 is 0 Å². The minimum Gasteiger partial charge on any atom is -0.269 e. The summed E-state index contributed by atoms with van der Waals surface area (Å²) < 4.78 is 0. The fourth-order valence-electron chi connectivity index (χ4n) is 3.48. The molecule has 1 aliphatic heterocycles. The smallest absolute Gasteiger partial charge is 0.262 e. The molecule has 2 amide bonds. The molecule has 0 bridgehead atoms. The van der Waals surface area contributed by atoms with Crippen molar-refractivity contribution in [1.82, 2.24) is 4.90 Å². The molecule has 2 aromatic carbocycles. The summed E-state index contributed by atoms with van der Waals surface area (Å²) >= 11 is 6.28. The zero-order valence-corrected chi connectivity index (χ0v) is 12.8. The molecule has 1 aliphatic carbocycles. The Balaban J connectivity index is 1.79. The third kappa shape index (κ3) is 1.84. The fourth-order valence-corrected chi connectivity index (χ4v) is 3.79. The average molecular weight is 323 g/mol. The molecule has 4 nitrogen and oxygen atoms in total. The van der Waals surface area contributed by atoms with Crippen LogP contribution in [0.2, 0.25) is 5.02 Å². The standard InChI is InChI=1S/C18H11ClN2O2/c19-16-10(9-20)5-6-11-12(16)7-8-15(11)21-17(22)13-3-1-2-4-14(13)18(21)23/h1-6,15H,7-8H2/t15-/m0/s1. The van der Waals surface area contributed by atoms with Crippen molar-refractivity contribution in [2.24, 2.45) is 0 Å². The molecule has 0 fully saturated rings. The Hall–Kier alpha value is -2.64. The summed E-state index contributed by atoms with van der Waals surface area (Å²) in [5.74, 6) is -0.520. The van der Waals surface area contributed by atoms with E-state index in [2.05, 4.69) is 6.07 Å². The quantitative estimate of drug-likeness (QED) is 0.755. The molecule has 2 aromatic rings. The molecule has 4 rings (SSSR count). The summed E-state index contributed by atoms with van der Waals surface area (Å²) in [7, 11) is 0. The minimum atomic E-state index is -0.317. The highest BCUT2D eigenvalue weighted by molar-refractivity contribution is 6.32. The molecule has 1 atom stereocenters. The zero-order chi connectivity index (χ0) is 16.1. The Morgan fingerprint density at radius 3 is 2.35 bits per heavy atom. The van der Waals surface area contributed by atoms with E-state index in [1.807, 2.05) is 0 Å². The van der Waals surface area contributed by atoms with Crippen LogP contribution in [0.5, 0.6) is 0 Å². The zero-order valence-electron chi connectivity index (χ0n) is 12.0. The molecule has 0 radical (unpaired) electrons. The molecule has 5 heteroatoms. The van der Waals surface area contributed by atoms with Crippen LogP contribution in [-0.4, -0.2) is 16.7 Å². The Labute approximate surface area is 137 Å². The van der Waals surface area contributed by atoms with Gasteiger partial charge in [-0.05, 0) is 42.2 Å². The third-order valence-corrected chi connectivity index (χ3v) is 5.00. The van der Waals surface area contributed by atoms with Crippen LogP contribution in [0, 0.1) is 11.3 Å². The van der Waals surface area contributed by atoms with Crippen molar-refractivity contribution in [1.29, 1.82) is 5.26 Å². The lowest BCUT2D eigenvalue weighted by molar-refractivity contribution is 0.0582. The summed E-state index contributed by atoms with van der Waals surface area (Å²) in [5.41, 5.74) is 3.06. The van der Waals surface area contributed by atoms with Crippen molar-refractivity contribution in [3.05, 3.63) is 69.2 Å². The molecule has 112 valence electrons. The van der Waals surface area contributed by atoms with E-state index in [0.717, 1.165) is 11.1 Å². The summed E-state index contributed by atoms with van der Waals surface area (Å²) in [5, 5.41) is 9.51. The first-order valence-corrected chi connectivity index (χ1v) is 7.69. The molecule has 0 spiro atoms. The minimum absolute atomic E-state index is 0.260. The average Bonchev–Trinajstić information content (AvgIpc) is 3.09. The molecule has 0 unspecified atom stereocenters. The molecule has 2 aliphatic rings. The van der Waals surface area contributed by atoms with Crippen LogP contribution in [0.4, 0.5) is 0 Å². The monoisotopic (exact) mass is 322 g/mol. The number of benzene rings is 2. The second kappa shape index (κ2) is 4.94. The van der Waals surface area contributed by atoms with Gasteiger partial charge in [0.05, 0.1) is 27.8 Å². The van der Waals surface area contributed by atoms with E-state index in [-0.39, 0.29) is 17.9 Å². The SMILES string of the molecule is N#Cc1ccc2c(c1Cl)CC[C@@H]2N1C(=O)c2ccccc2C1=O. The molecule has 0 N–H and O–H groups in total. The number of nitriles is 1. The second-order valence-electron chi connectivity index (χ2n) is 5.69. The highest BCUT2D eigenvalue weighted by Crippen LogP contribution is 2.43. The Kier molecular flexibility index (Phi) is 3.00. The second-order valence-corrected chi connectivity index (χ2v) is 6.07. The lowest BCUT2D eigenvalue weighted by atomic mass is 10.0. The molecule has 0 saturated carbocycles. The maximum Gasteiger partial charge on any atom is 0.262 e. The molecular weight excluding hydrogens is 312 g/mol. The molecular formula is C18H11ClN2O2. The van der Waals surface area contributed by atoms with Crippen molar-refractivity contribution in [2.75, 3.05) is 0 Å². The van der Waals surface area contributed by atoms with Gasteiger partial charge in [0.25, 0.3) is 11.8 Å². The first-order chi connectivity index (χ1) is 11.1. The van der Waals surface area contributed by atoms with Gasteiger partial charge >= 0.3 is 0 Å². The van der Waals surface area contributed by atoms with E-state index in [1.165, 1.54) is 4.90 Å². The highest BCUT2D eigenvalue weighted by Gasteiger charge is 2.42. The number of hydrogen-bond donors (Lipinski definition) is 0. The number of rotatable bonds is 1. The number of amides is 2. The number of nitrogens with zero attached hydrogens (tertiary/aromatic N) is 2. The summed E-state index contributed by atoms with van der Waals surface area (Å²) in [4.78, 5) is 26.6. The maximum absolute atomic E-state index is 12.6. The maximum atomic E-state index is 12.6. The third-order valence-electron chi connectivity index (χ3n) is 4.56. The van der Waals surface area contributed by atoms with Crippen molar-refractivity contribution in [3.63, 3.8) is 0 Å².